The minimum Gasteiger partial charge on any atom is -0.299 e. The lowest BCUT2D eigenvalue weighted by atomic mass is 9.94. The zero-order chi connectivity index (χ0) is 15.6. The van der Waals surface area contributed by atoms with E-state index in [1.807, 2.05) is 12.1 Å². The van der Waals surface area contributed by atoms with Crippen LogP contribution in [-0.4, -0.2) is 47.2 Å². The molecule has 3 heterocycles. The van der Waals surface area contributed by atoms with Gasteiger partial charge in [0.1, 0.15) is 0 Å². The number of rotatable bonds is 4. The Kier molecular flexibility index (Phi) is 4.51. The van der Waals surface area contributed by atoms with Crippen LogP contribution in [0.4, 0.5) is 0 Å². The second-order valence-corrected chi connectivity index (χ2v) is 8.59. The summed E-state index contributed by atoms with van der Waals surface area (Å²) in [5.74, 6) is 0.192. The molecule has 8 heteroatoms. The lowest BCUT2D eigenvalue weighted by Gasteiger charge is -2.31. The van der Waals surface area contributed by atoms with Gasteiger partial charge in [-0.25, -0.2) is 8.42 Å². The van der Waals surface area contributed by atoms with Crippen LogP contribution in [0.1, 0.15) is 30.0 Å². The van der Waals surface area contributed by atoms with E-state index in [1.54, 1.807) is 12.4 Å². The molecule has 3 rings (SSSR count). The van der Waals surface area contributed by atoms with Gasteiger partial charge < -0.3 is 0 Å². The van der Waals surface area contributed by atoms with Crippen LogP contribution >= 0.6 is 11.5 Å². The molecule has 1 fully saturated rings. The molecule has 6 nitrogen and oxygen atoms in total. The van der Waals surface area contributed by atoms with Gasteiger partial charge in [0.2, 0.25) is 0 Å². The fourth-order valence-electron chi connectivity index (χ4n) is 2.81. The van der Waals surface area contributed by atoms with Crippen LogP contribution < -0.4 is 0 Å². The molecule has 0 aromatic carbocycles. The number of hydrogen-bond acceptors (Lipinski definition) is 7. The van der Waals surface area contributed by atoms with Crippen LogP contribution in [0.2, 0.25) is 0 Å². The fourth-order valence-corrected chi connectivity index (χ4v) is 4.54. The maximum Gasteiger partial charge on any atom is 0.188 e. The Morgan fingerprint density at radius 2 is 1.95 bits per heavy atom. The Balaban J connectivity index is 1.64. The zero-order valence-corrected chi connectivity index (χ0v) is 14.0. The van der Waals surface area contributed by atoms with Gasteiger partial charge >= 0.3 is 0 Å². The first-order chi connectivity index (χ1) is 10.5. The van der Waals surface area contributed by atoms with Gasteiger partial charge in [0.25, 0.3) is 0 Å². The molecule has 0 amide bonds. The Morgan fingerprint density at radius 3 is 2.59 bits per heavy atom. The Bertz CT molecular complexity index is 722. The molecule has 0 aliphatic carbocycles. The molecule has 0 saturated carbocycles. The van der Waals surface area contributed by atoms with Crippen LogP contribution in [0, 0.1) is 0 Å². The molecular weight excluding hydrogens is 320 g/mol. The van der Waals surface area contributed by atoms with Gasteiger partial charge in [-0.2, -0.15) is 0 Å². The SMILES string of the molecule is CS(=O)(=O)c1snnc1C1CCN(Cc2ccncc2)CC1. The van der Waals surface area contributed by atoms with Crippen LogP contribution in [0.5, 0.6) is 0 Å². The molecule has 0 bridgehead atoms. The summed E-state index contributed by atoms with van der Waals surface area (Å²) in [6.45, 7) is 2.78. The minimum atomic E-state index is -3.23. The standard InChI is InChI=1S/C14H18N4O2S2/c1-22(19,20)14-13(16-17-21-14)12-4-8-18(9-5-12)10-11-2-6-15-7-3-11/h2-3,6-7,12H,4-5,8-10H2,1H3. The van der Waals surface area contributed by atoms with Crippen LogP contribution in [-0.2, 0) is 16.4 Å². The third-order valence-electron chi connectivity index (χ3n) is 3.95. The number of pyridine rings is 1. The number of hydrogen-bond donors (Lipinski definition) is 0. The van der Waals surface area contributed by atoms with E-state index in [-0.39, 0.29) is 5.92 Å². The summed E-state index contributed by atoms with van der Waals surface area (Å²) in [6, 6.07) is 4.05. The summed E-state index contributed by atoms with van der Waals surface area (Å²) in [6.07, 6.45) is 6.67. The van der Waals surface area contributed by atoms with Gasteiger partial charge in [-0.15, -0.1) is 5.10 Å². The normalized spacial score (nSPS) is 17.7. The third-order valence-corrected chi connectivity index (χ3v) is 6.50. The molecule has 22 heavy (non-hydrogen) atoms. The molecule has 2 aromatic rings. The van der Waals surface area contributed by atoms with Crippen molar-refractivity contribution in [2.45, 2.75) is 29.5 Å². The van der Waals surface area contributed by atoms with Gasteiger partial charge in [0.15, 0.2) is 14.0 Å². The van der Waals surface area contributed by atoms with Crippen molar-refractivity contribution in [3.8, 4) is 0 Å². The van der Waals surface area contributed by atoms with Crippen LogP contribution in [0.25, 0.3) is 0 Å². The van der Waals surface area contributed by atoms with Crippen molar-refractivity contribution in [3.63, 3.8) is 0 Å². The van der Waals surface area contributed by atoms with Crippen molar-refractivity contribution in [3.05, 3.63) is 35.8 Å². The van der Waals surface area contributed by atoms with Crippen molar-refractivity contribution in [2.24, 2.45) is 0 Å². The smallest absolute Gasteiger partial charge is 0.188 e. The van der Waals surface area contributed by atoms with Gasteiger partial charge in [-0.05, 0) is 43.6 Å². The van der Waals surface area contributed by atoms with E-state index in [0.29, 0.717) is 9.90 Å². The monoisotopic (exact) mass is 338 g/mol. The van der Waals surface area contributed by atoms with E-state index in [0.717, 1.165) is 44.0 Å². The van der Waals surface area contributed by atoms with E-state index in [1.165, 1.54) is 11.8 Å². The third kappa shape index (κ3) is 3.50. The quantitative estimate of drug-likeness (QED) is 0.845. The molecular formula is C14H18N4O2S2. The van der Waals surface area contributed by atoms with E-state index >= 15 is 0 Å². The second kappa shape index (κ2) is 6.39. The summed E-state index contributed by atoms with van der Waals surface area (Å²) in [5, 5.41) is 4.08. The number of aromatic nitrogens is 3. The first-order valence-electron chi connectivity index (χ1n) is 7.17. The lowest BCUT2D eigenvalue weighted by Crippen LogP contribution is -2.32. The number of sulfone groups is 1. The van der Waals surface area contributed by atoms with Gasteiger partial charge in [0.05, 0.1) is 5.69 Å². The van der Waals surface area contributed by atoms with E-state index in [9.17, 15) is 8.42 Å². The average molecular weight is 338 g/mol. The van der Waals surface area contributed by atoms with Crippen molar-refractivity contribution in [2.75, 3.05) is 19.3 Å². The highest BCUT2D eigenvalue weighted by molar-refractivity contribution is 7.92. The molecule has 0 N–H and O–H groups in total. The first kappa shape index (κ1) is 15.5. The Hall–Kier alpha value is -1.38. The highest BCUT2D eigenvalue weighted by Gasteiger charge is 2.28. The topological polar surface area (TPSA) is 76.1 Å². The predicted molar refractivity (Wildman–Crippen MR) is 84.5 cm³/mol. The largest absolute Gasteiger partial charge is 0.299 e. The van der Waals surface area contributed by atoms with Gasteiger partial charge in [-0.1, -0.05) is 4.49 Å². The average Bonchev–Trinajstić information content (AvgIpc) is 2.99. The Morgan fingerprint density at radius 1 is 1.27 bits per heavy atom. The van der Waals surface area contributed by atoms with Crippen LogP contribution in [0.15, 0.2) is 28.7 Å². The van der Waals surface area contributed by atoms with E-state index in [2.05, 4.69) is 19.5 Å². The summed E-state index contributed by atoms with van der Waals surface area (Å²) >= 11 is 0.984. The van der Waals surface area contributed by atoms with Crippen molar-refractivity contribution >= 4 is 21.4 Å². The minimum absolute atomic E-state index is 0.192. The zero-order valence-electron chi connectivity index (χ0n) is 12.3. The van der Waals surface area contributed by atoms with Crippen molar-refractivity contribution in [1.29, 1.82) is 0 Å². The summed E-state index contributed by atoms with van der Waals surface area (Å²) in [5.41, 5.74) is 1.91. The van der Waals surface area contributed by atoms with Crippen molar-refractivity contribution < 1.29 is 8.42 Å². The maximum absolute atomic E-state index is 11.8. The Labute approximate surface area is 134 Å². The van der Waals surface area contributed by atoms with Gasteiger partial charge in [0, 0.05) is 42.6 Å². The number of likely N-dealkylation sites (tertiary alicyclic amines) is 1. The molecule has 1 saturated heterocycles. The van der Waals surface area contributed by atoms with E-state index < -0.39 is 9.84 Å². The maximum atomic E-state index is 11.8. The summed E-state index contributed by atoms with van der Waals surface area (Å²) in [4.78, 5) is 6.41. The highest BCUT2D eigenvalue weighted by atomic mass is 32.2. The molecule has 0 spiro atoms. The molecule has 118 valence electrons. The predicted octanol–water partition coefficient (Wildman–Crippen LogP) is 1.72. The lowest BCUT2D eigenvalue weighted by molar-refractivity contribution is 0.202. The van der Waals surface area contributed by atoms with Crippen LogP contribution in [0.3, 0.4) is 0 Å². The summed E-state index contributed by atoms with van der Waals surface area (Å²) in [7, 11) is -3.23. The molecule has 1 aliphatic heterocycles. The highest BCUT2D eigenvalue weighted by Crippen LogP contribution is 2.32. The van der Waals surface area contributed by atoms with Crippen molar-refractivity contribution in [1.82, 2.24) is 19.5 Å². The first-order valence-corrected chi connectivity index (χ1v) is 9.84. The van der Waals surface area contributed by atoms with E-state index in [4.69, 9.17) is 0 Å². The number of nitrogens with zero attached hydrogens (tertiary/aromatic N) is 4. The summed E-state index contributed by atoms with van der Waals surface area (Å²) < 4.78 is 27.7. The molecule has 0 unspecified atom stereocenters. The molecule has 2 aromatic heterocycles. The molecule has 1 aliphatic rings. The molecule has 0 radical (unpaired) electrons. The number of piperidine rings is 1. The van der Waals surface area contributed by atoms with Gasteiger partial charge in [-0.3, -0.25) is 9.88 Å². The second-order valence-electron chi connectivity index (χ2n) is 5.62. The fraction of sp³-hybridized carbons (Fsp3) is 0.500. The molecule has 0 atom stereocenters.